The number of halogens is 2. The first-order valence-corrected chi connectivity index (χ1v) is 10.7. The SMILES string of the molecule is O=C(NCc1ccc(F)cc1)C1CCN(Cc2ccccc2-c2ccccc2F)CC1. The molecular weight excluding hydrogens is 394 g/mol. The minimum Gasteiger partial charge on any atom is -0.352 e. The lowest BCUT2D eigenvalue weighted by atomic mass is 9.94. The van der Waals surface area contributed by atoms with Crippen LogP contribution in [0, 0.1) is 17.6 Å². The molecule has 3 aromatic rings. The van der Waals surface area contributed by atoms with E-state index in [0.717, 1.165) is 49.2 Å². The Morgan fingerprint density at radius 3 is 2.23 bits per heavy atom. The lowest BCUT2D eigenvalue weighted by Gasteiger charge is -2.31. The van der Waals surface area contributed by atoms with Crippen LogP contribution in [0.1, 0.15) is 24.0 Å². The van der Waals surface area contributed by atoms with Crippen LogP contribution in [0.3, 0.4) is 0 Å². The summed E-state index contributed by atoms with van der Waals surface area (Å²) in [5, 5.41) is 2.97. The van der Waals surface area contributed by atoms with Crippen molar-refractivity contribution in [3.8, 4) is 11.1 Å². The van der Waals surface area contributed by atoms with E-state index in [9.17, 15) is 13.6 Å². The molecule has 0 bridgehead atoms. The number of hydrogen-bond acceptors (Lipinski definition) is 2. The highest BCUT2D eigenvalue weighted by Gasteiger charge is 2.25. The van der Waals surface area contributed by atoms with Crippen molar-refractivity contribution in [3.05, 3.63) is 95.6 Å². The van der Waals surface area contributed by atoms with Crippen molar-refractivity contribution in [2.24, 2.45) is 5.92 Å². The van der Waals surface area contributed by atoms with Crippen LogP contribution in [0.15, 0.2) is 72.8 Å². The number of carbonyl (C=O) groups excluding carboxylic acids is 1. The Hall–Kier alpha value is -3.05. The zero-order valence-corrected chi connectivity index (χ0v) is 17.4. The number of nitrogens with one attached hydrogen (secondary N) is 1. The quantitative estimate of drug-likeness (QED) is 0.597. The van der Waals surface area contributed by atoms with Crippen molar-refractivity contribution in [1.82, 2.24) is 10.2 Å². The maximum Gasteiger partial charge on any atom is 0.223 e. The standard InChI is InChI=1S/C26H26F2N2O/c27-22-11-9-19(10-12-22)17-29-26(31)20-13-15-30(16-14-20)18-21-5-1-2-6-23(21)24-7-3-4-8-25(24)28/h1-12,20H,13-18H2,(H,29,31). The minimum atomic E-state index is -0.279. The summed E-state index contributed by atoms with van der Waals surface area (Å²) in [6.07, 6.45) is 1.58. The second-order valence-corrected chi connectivity index (χ2v) is 8.03. The van der Waals surface area contributed by atoms with Crippen LogP contribution in [0.4, 0.5) is 8.78 Å². The molecule has 0 spiro atoms. The molecule has 1 fully saturated rings. The first-order valence-electron chi connectivity index (χ1n) is 10.7. The van der Waals surface area contributed by atoms with Crippen LogP contribution >= 0.6 is 0 Å². The van der Waals surface area contributed by atoms with E-state index in [1.54, 1.807) is 18.2 Å². The van der Waals surface area contributed by atoms with Crippen LogP contribution < -0.4 is 5.32 Å². The van der Waals surface area contributed by atoms with Crippen LogP contribution in [0.25, 0.3) is 11.1 Å². The van der Waals surface area contributed by atoms with Crippen LogP contribution in [-0.4, -0.2) is 23.9 Å². The molecule has 31 heavy (non-hydrogen) atoms. The maximum atomic E-state index is 14.3. The molecule has 0 radical (unpaired) electrons. The Morgan fingerprint density at radius 2 is 1.52 bits per heavy atom. The van der Waals surface area contributed by atoms with E-state index in [1.807, 2.05) is 36.4 Å². The van der Waals surface area contributed by atoms with Crippen molar-refractivity contribution < 1.29 is 13.6 Å². The molecule has 1 heterocycles. The van der Waals surface area contributed by atoms with Gasteiger partial charge in [-0.25, -0.2) is 8.78 Å². The monoisotopic (exact) mass is 420 g/mol. The first kappa shape index (κ1) is 21.2. The molecule has 1 aliphatic heterocycles. The highest BCUT2D eigenvalue weighted by atomic mass is 19.1. The number of hydrogen-bond donors (Lipinski definition) is 1. The van der Waals surface area contributed by atoms with E-state index in [0.29, 0.717) is 12.1 Å². The molecule has 0 atom stereocenters. The van der Waals surface area contributed by atoms with Gasteiger partial charge in [0.2, 0.25) is 5.91 Å². The van der Waals surface area contributed by atoms with Gasteiger partial charge in [0.1, 0.15) is 11.6 Å². The number of nitrogens with zero attached hydrogens (tertiary/aromatic N) is 1. The van der Waals surface area contributed by atoms with E-state index < -0.39 is 0 Å². The van der Waals surface area contributed by atoms with Gasteiger partial charge >= 0.3 is 0 Å². The zero-order valence-electron chi connectivity index (χ0n) is 17.4. The van der Waals surface area contributed by atoms with E-state index in [2.05, 4.69) is 10.2 Å². The van der Waals surface area contributed by atoms with Crippen molar-refractivity contribution in [3.63, 3.8) is 0 Å². The summed E-state index contributed by atoms with van der Waals surface area (Å²) >= 11 is 0. The van der Waals surface area contributed by atoms with Crippen molar-refractivity contribution >= 4 is 5.91 Å². The molecule has 1 aliphatic rings. The summed E-state index contributed by atoms with van der Waals surface area (Å²) in [6, 6.07) is 21.0. The van der Waals surface area contributed by atoms with E-state index >= 15 is 0 Å². The average Bonchev–Trinajstić information content (AvgIpc) is 2.80. The van der Waals surface area contributed by atoms with Crippen molar-refractivity contribution in [2.75, 3.05) is 13.1 Å². The summed E-state index contributed by atoms with van der Waals surface area (Å²) in [5.74, 6) is -0.459. The normalized spacial score (nSPS) is 15.0. The maximum absolute atomic E-state index is 14.3. The Morgan fingerprint density at radius 1 is 0.871 bits per heavy atom. The summed E-state index contributed by atoms with van der Waals surface area (Å²) in [4.78, 5) is 14.9. The van der Waals surface area contributed by atoms with Gasteiger partial charge in [-0.2, -0.15) is 0 Å². The molecule has 0 saturated carbocycles. The smallest absolute Gasteiger partial charge is 0.223 e. The van der Waals surface area contributed by atoms with Gasteiger partial charge in [-0.1, -0.05) is 54.6 Å². The third-order valence-corrected chi connectivity index (χ3v) is 5.91. The Labute approximate surface area is 181 Å². The molecule has 1 amide bonds. The largest absolute Gasteiger partial charge is 0.352 e. The van der Waals surface area contributed by atoms with E-state index in [4.69, 9.17) is 0 Å². The fourth-order valence-corrected chi connectivity index (χ4v) is 4.13. The van der Waals surface area contributed by atoms with Gasteiger partial charge < -0.3 is 5.32 Å². The van der Waals surface area contributed by atoms with Crippen molar-refractivity contribution in [2.45, 2.75) is 25.9 Å². The highest BCUT2D eigenvalue weighted by Crippen LogP contribution is 2.28. The van der Waals surface area contributed by atoms with Gasteiger partial charge in [0.05, 0.1) is 0 Å². The number of benzene rings is 3. The molecule has 0 aliphatic carbocycles. The summed E-state index contributed by atoms with van der Waals surface area (Å²) in [5.41, 5.74) is 3.51. The van der Waals surface area contributed by atoms with Gasteiger partial charge in [-0.15, -0.1) is 0 Å². The van der Waals surface area contributed by atoms with Gasteiger partial charge in [0.15, 0.2) is 0 Å². The fourth-order valence-electron chi connectivity index (χ4n) is 4.13. The Kier molecular flexibility index (Phi) is 6.73. The molecule has 160 valence electrons. The van der Waals surface area contributed by atoms with Crippen LogP contribution in [-0.2, 0) is 17.9 Å². The molecule has 5 heteroatoms. The predicted molar refractivity (Wildman–Crippen MR) is 118 cm³/mol. The van der Waals surface area contributed by atoms with Gasteiger partial charge in [0, 0.05) is 24.6 Å². The molecule has 0 unspecified atom stereocenters. The van der Waals surface area contributed by atoms with Gasteiger partial charge in [-0.3, -0.25) is 9.69 Å². The molecule has 1 N–H and O–H groups in total. The average molecular weight is 421 g/mol. The van der Waals surface area contributed by atoms with Gasteiger partial charge in [0.25, 0.3) is 0 Å². The molecule has 3 aromatic carbocycles. The number of piperidine rings is 1. The molecule has 4 rings (SSSR count). The van der Waals surface area contributed by atoms with E-state index in [1.165, 1.54) is 18.2 Å². The summed E-state index contributed by atoms with van der Waals surface area (Å²) < 4.78 is 27.3. The molecule has 3 nitrogen and oxygen atoms in total. The second-order valence-electron chi connectivity index (χ2n) is 8.03. The Bertz CT molecular complexity index is 1030. The number of carbonyl (C=O) groups is 1. The zero-order chi connectivity index (χ0) is 21.6. The van der Waals surface area contributed by atoms with Crippen molar-refractivity contribution in [1.29, 1.82) is 0 Å². The minimum absolute atomic E-state index is 0.0153. The summed E-state index contributed by atoms with van der Waals surface area (Å²) in [6.45, 7) is 2.78. The summed E-state index contributed by atoms with van der Waals surface area (Å²) in [7, 11) is 0. The molecular formula is C26H26F2N2O. The molecule has 0 aromatic heterocycles. The van der Waals surface area contributed by atoms with Crippen LogP contribution in [0.2, 0.25) is 0 Å². The third kappa shape index (κ3) is 5.36. The predicted octanol–water partition coefficient (Wildman–Crippen LogP) is 5.16. The highest BCUT2D eigenvalue weighted by molar-refractivity contribution is 5.78. The Balaban J connectivity index is 1.32. The second kappa shape index (κ2) is 9.84. The third-order valence-electron chi connectivity index (χ3n) is 5.91. The number of rotatable bonds is 6. The number of amides is 1. The topological polar surface area (TPSA) is 32.3 Å². The first-order chi connectivity index (χ1) is 15.1. The lowest BCUT2D eigenvalue weighted by molar-refractivity contribution is -0.126. The fraction of sp³-hybridized carbons (Fsp3) is 0.269. The number of likely N-dealkylation sites (tertiary alicyclic amines) is 1. The van der Waals surface area contributed by atoms with Crippen LogP contribution in [0.5, 0.6) is 0 Å². The van der Waals surface area contributed by atoms with Gasteiger partial charge in [-0.05, 0) is 60.8 Å². The van der Waals surface area contributed by atoms with E-state index in [-0.39, 0.29) is 23.5 Å². The lowest BCUT2D eigenvalue weighted by Crippen LogP contribution is -2.40. The molecule has 1 saturated heterocycles.